The number of ether oxygens (including phenoxy) is 1. The summed E-state index contributed by atoms with van der Waals surface area (Å²) in [7, 11) is 0. The predicted octanol–water partition coefficient (Wildman–Crippen LogP) is 3.26. The van der Waals surface area contributed by atoms with Crippen LogP contribution in [0.1, 0.15) is 34.5 Å². The van der Waals surface area contributed by atoms with Crippen LogP contribution in [0.2, 0.25) is 0 Å². The van der Waals surface area contributed by atoms with Crippen LogP contribution in [-0.4, -0.2) is 30.3 Å². The monoisotopic (exact) mass is 305 g/mol. The molecule has 1 fully saturated rings. The van der Waals surface area contributed by atoms with Gasteiger partial charge in [0.15, 0.2) is 0 Å². The van der Waals surface area contributed by atoms with Gasteiger partial charge in [0.25, 0.3) is 0 Å². The smallest absolute Gasteiger partial charge is 0.346 e. The molecular weight excluding hydrogens is 286 g/mol. The van der Waals surface area contributed by atoms with Gasteiger partial charge in [0.1, 0.15) is 4.88 Å². The molecule has 0 aliphatic carbocycles. The molecule has 3 rings (SSSR count). The first-order valence-electron chi connectivity index (χ1n) is 7.31. The van der Waals surface area contributed by atoms with E-state index in [0.29, 0.717) is 11.4 Å². The standard InChI is InChI=1S/C16H19NO3S/c18-16(19)15-13(12-6-1-2-7-14(12)21-15)10-17-9-11-5-3-4-8-20-11/h1-2,6-7,11,17H,3-5,8-10H2,(H,18,19). The van der Waals surface area contributed by atoms with Crippen molar-refractivity contribution >= 4 is 27.4 Å². The third-order valence-corrected chi connectivity index (χ3v) is 5.04. The van der Waals surface area contributed by atoms with Crippen LogP contribution < -0.4 is 5.32 Å². The van der Waals surface area contributed by atoms with E-state index in [1.807, 2.05) is 24.3 Å². The quantitative estimate of drug-likeness (QED) is 0.890. The molecule has 2 heterocycles. The van der Waals surface area contributed by atoms with Crippen LogP contribution in [0.15, 0.2) is 24.3 Å². The average Bonchev–Trinajstić information content (AvgIpc) is 2.88. The molecule has 2 aromatic rings. The molecule has 0 spiro atoms. The Kier molecular flexibility index (Phi) is 4.53. The fourth-order valence-corrected chi connectivity index (χ4v) is 3.83. The van der Waals surface area contributed by atoms with Crippen molar-refractivity contribution in [1.82, 2.24) is 5.32 Å². The number of carboxylic acid groups (broad SMARTS) is 1. The summed E-state index contributed by atoms with van der Waals surface area (Å²) in [6.07, 6.45) is 3.71. The summed E-state index contributed by atoms with van der Waals surface area (Å²) in [5.74, 6) is -0.845. The molecular formula is C16H19NO3S. The molecule has 1 aromatic carbocycles. The van der Waals surface area contributed by atoms with E-state index >= 15 is 0 Å². The zero-order valence-electron chi connectivity index (χ0n) is 11.8. The number of fused-ring (bicyclic) bond motifs is 1. The van der Waals surface area contributed by atoms with Crippen molar-refractivity contribution in [3.63, 3.8) is 0 Å². The SMILES string of the molecule is O=C(O)c1sc2ccccc2c1CNCC1CCCCO1. The van der Waals surface area contributed by atoms with Crippen molar-refractivity contribution < 1.29 is 14.6 Å². The number of aromatic carboxylic acids is 1. The molecule has 1 atom stereocenters. The zero-order valence-corrected chi connectivity index (χ0v) is 12.6. The van der Waals surface area contributed by atoms with Crippen LogP contribution >= 0.6 is 11.3 Å². The van der Waals surface area contributed by atoms with Crippen molar-refractivity contribution in [3.8, 4) is 0 Å². The lowest BCUT2D eigenvalue weighted by molar-refractivity contribution is 0.0168. The molecule has 0 amide bonds. The maximum Gasteiger partial charge on any atom is 0.346 e. The minimum absolute atomic E-state index is 0.261. The maximum absolute atomic E-state index is 11.4. The summed E-state index contributed by atoms with van der Waals surface area (Å²) >= 11 is 1.35. The van der Waals surface area contributed by atoms with E-state index in [2.05, 4.69) is 5.32 Å². The highest BCUT2D eigenvalue weighted by molar-refractivity contribution is 7.21. The number of benzene rings is 1. The van der Waals surface area contributed by atoms with Crippen LogP contribution in [0.4, 0.5) is 0 Å². The van der Waals surface area contributed by atoms with Crippen LogP contribution in [0.5, 0.6) is 0 Å². The largest absolute Gasteiger partial charge is 0.477 e. The molecule has 1 unspecified atom stereocenters. The second-order valence-corrected chi connectivity index (χ2v) is 6.38. The Labute approximate surface area is 127 Å². The van der Waals surface area contributed by atoms with E-state index in [1.165, 1.54) is 17.8 Å². The van der Waals surface area contributed by atoms with E-state index in [1.54, 1.807) is 0 Å². The first-order chi connectivity index (χ1) is 10.3. The zero-order chi connectivity index (χ0) is 14.7. The lowest BCUT2D eigenvalue weighted by atomic mass is 10.1. The van der Waals surface area contributed by atoms with Crippen LogP contribution in [-0.2, 0) is 11.3 Å². The normalized spacial score (nSPS) is 19.0. The Balaban J connectivity index is 1.72. The molecule has 0 bridgehead atoms. The average molecular weight is 305 g/mol. The van der Waals surface area contributed by atoms with E-state index < -0.39 is 5.97 Å². The number of hydrogen-bond donors (Lipinski definition) is 2. The van der Waals surface area contributed by atoms with Gasteiger partial charge < -0.3 is 15.2 Å². The highest BCUT2D eigenvalue weighted by Crippen LogP contribution is 2.31. The van der Waals surface area contributed by atoms with Crippen LogP contribution in [0.3, 0.4) is 0 Å². The fraction of sp³-hybridized carbons (Fsp3) is 0.438. The minimum Gasteiger partial charge on any atom is -0.477 e. The number of thiophene rings is 1. The van der Waals surface area contributed by atoms with Crippen molar-refractivity contribution in [3.05, 3.63) is 34.7 Å². The molecule has 4 nitrogen and oxygen atoms in total. The third kappa shape index (κ3) is 3.26. The third-order valence-electron chi connectivity index (χ3n) is 3.84. The second kappa shape index (κ2) is 6.56. The second-order valence-electron chi connectivity index (χ2n) is 5.33. The van der Waals surface area contributed by atoms with Crippen molar-refractivity contribution in [1.29, 1.82) is 0 Å². The van der Waals surface area contributed by atoms with Gasteiger partial charge in [-0.2, -0.15) is 0 Å². The lowest BCUT2D eigenvalue weighted by Gasteiger charge is -2.22. The predicted molar refractivity (Wildman–Crippen MR) is 84.1 cm³/mol. The Morgan fingerprint density at radius 2 is 2.24 bits per heavy atom. The van der Waals surface area contributed by atoms with Gasteiger partial charge in [0.2, 0.25) is 0 Å². The summed E-state index contributed by atoms with van der Waals surface area (Å²) < 4.78 is 6.71. The molecule has 1 aromatic heterocycles. The topological polar surface area (TPSA) is 58.6 Å². The molecule has 112 valence electrons. The highest BCUT2D eigenvalue weighted by atomic mass is 32.1. The molecule has 1 aliphatic rings. The van der Waals surface area contributed by atoms with Gasteiger partial charge in [-0.05, 0) is 36.3 Å². The Bertz CT molecular complexity index is 631. The lowest BCUT2D eigenvalue weighted by Crippen LogP contribution is -2.31. The van der Waals surface area contributed by atoms with Gasteiger partial charge in [0.05, 0.1) is 6.10 Å². The summed E-state index contributed by atoms with van der Waals surface area (Å²) in [5, 5.41) is 13.8. The van der Waals surface area contributed by atoms with E-state index in [-0.39, 0.29) is 6.10 Å². The molecule has 5 heteroatoms. The Morgan fingerprint density at radius 1 is 1.38 bits per heavy atom. The number of hydrogen-bond acceptors (Lipinski definition) is 4. The van der Waals surface area contributed by atoms with Gasteiger partial charge in [-0.25, -0.2) is 4.79 Å². The number of carboxylic acids is 1. The van der Waals surface area contributed by atoms with Gasteiger partial charge in [0, 0.05) is 24.4 Å². The fourth-order valence-electron chi connectivity index (χ4n) is 2.77. The van der Waals surface area contributed by atoms with Crippen LogP contribution in [0, 0.1) is 0 Å². The Hall–Kier alpha value is -1.43. The maximum atomic E-state index is 11.4. The minimum atomic E-state index is -0.845. The van der Waals surface area contributed by atoms with Crippen molar-refractivity contribution in [2.24, 2.45) is 0 Å². The molecule has 2 N–H and O–H groups in total. The number of nitrogens with one attached hydrogen (secondary N) is 1. The molecule has 1 aliphatic heterocycles. The summed E-state index contributed by atoms with van der Waals surface area (Å²) in [6, 6.07) is 7.86. The van der Waals surface area contributed by atoms with E-state index in [4.69, 9.17) is 4.74 Å². The van der Waals surface area contributed by atoms with Gasteiger partial charge in [-0.15, -0.1) is 11.3 Å². The Morgan fingerprint density at radius 3 is 3.00 bits per heavy atom. The van der Waals surface area contributed by atoms with Gasteiger partial charge in [-0.1, -0.05) is 18.2 Å². The van der Waals surface area contributed by atoms with Crippen molar-refractivity contribution in [2.75, 3.05) is 13.2 Å². The van der Waals surface area contributed by atoms with Gasteiger partial charge >= 0.3 is 5.97 Å². The van der Waals surface area contributed by atoms with E-state index in [9.17, 15) is 9.90 Å². The first-order valence-corrected chi connectivity index (χ1v) is 8.13. The summed E-state index contributed by atoms with van der Waals surface area (Å²) in [6.45, 7) is 2.20. The van der Waals surface area contributed by atoms with Gasteiger partial charge in [-0.3, -0.25) is 0 Å². The number of carbonyl (C=O) groups is 1. The van der Waals surface area contributed by atoms with Crippen molar-refractivity contribution in [2.45, 2.75) is 31.9 Å². The molecule has 0 saturated carbocycles. The molecule has 1 saturated heterocycles. The molecule has 21 heavy (non-hydrogen) atoms. The summed E-state index contributed by atoms with van der Waals surface area (Å²) in [4.78, 5) is 11.9. The van der Waals surface area contributed by atoms with Crippen LogP contribution in [0.25, 0.3) is 10.1 Å². The number of rotatable bonds is 5. The highest BCUT2D eigenvalue weighted by Gasteiger charge is 2.18. The molecule has 0 radical (unpaired) electrons. The summed E-state index contributed by atoms with van der Waals surface area (Å²) in [5.41, 5.74) is 0.888. The first kappa shape index (κ1) is 14.5. The van der Waals surface area contributed by atoms with E-state index in [0.717, 1.165) is 41.6 Å².